The number of anilines is 2. The molecular weight excluding hydrogens is 338 g/mol. The molecule has 0 radical (unpaired) electrons. The Labute approximate surface area is 159 Å². The number of carbonyl (C=O) groups is 1. The van der Waals surface area contributed by atoms with Gasteiger partial charge in [-0.2, -0.15) is 0 Å². The number of aryl methyl sites for hydroxylation is 2. The molecule has 0 unspecified atom stereocenters. The lowest BCUT2D eigenvalue weighted by Gasteiger charge is -2.11. The highest BCUT2D eigenvalue weighted by molar-refractivity contribution is 6.03. The quantitative estimate of drug-likeness (QED) is 0.675. The summed E-state index contributed by atoms with van der Waals surface area (Å²) in [7, 11) is 1.66. The van der Waals surface area contributed by atoms with Crippen molar-refractivity contribution in [3.63, 3.8) is 0 Å². The van der Waals surface area contributed by atoms with Crippen LogP contribution in [-0.2, 0) is 6.54 Å². The molecule has 3 aromatic rings. The number of hydrogen-bond donors (Lipinski definition) is 2. The van der Waals surface area contributed by atoms with Crippen LogP contribution in [0.15, 0.2) is 60.8 Å². The maximum absolute atomic E-state index is 12.4. The Morgan fingerprint density at radius 3 is 2.59 bits per heavy atom. The third kappa shape index (κ3) is 4.64. The molecule has 27 heavy (non-hydrogen) atoms. The summed E-state index contributed by atoms with van der Waals surface area (Å²) in [5, 5.41) is 6.20. The molecule has 138 valence electrons. The Morgan fingerprint density at radius 2 is 1.89 bits per heavy atom. The van der Waals surface area contributed by atoms with Gasteiger partial charge >= 0.3 is 0 Å². The molecule has 0 aliphatic rings. The lowest BCUT2D eigenvalue weighted by Crippen LogP contribution is -2.14. The highest BCUT2D eigenvalue weighted by Crippen LogP contribution is 2.19. The first-order valence-corrected chi connectivity index (χ1v) is 8.77. The third-order valence-electron chi connectivity index (χ3n) is 4.30. The second-order valence-electron chi connectivity index (χ2n) is 6.37. The van der Waals surface area contributed by atoms with Crippen LogP contribution >= 0.6 is 0 Å². The number of methoxy groups -OCH3 is 1. The Bertz CT molecular complexity index is 937. The van der Waals surface area contributed by atoms with Crippen LogP contribution in [0.5, 0.6) is 5.75 Å². The van der Waals surface area contributed by atoms with Gasteiger partial charge in [0.05, 0.1) is 19.0 Å². The number of benzene rings is 2. The minimum absolute atomic E-state index is 0.224. The first-order valence-electron chi connectivity index (χ1n) is 8.77. The third-order valence-corrected chi connectivity index (χ3v) is 4.30. The average Bonchev–Trinajstić information content (AvgIpc) is 2.69. The smallest absolute Gasteiger partial charge is 0.274 e. The number of hydrogen-bond acceptors (Lipinski definition) is 4. The molecule has 0 aliphatic carbocycles. The summed E-state index contributed by atoms with van der Waals surface area (Å²) in [6.07, 6.45) is 1.66. The number of amides is 1. The zero-order valence-electron chi connectivity index (χ0n) is 15.7. The summed E-state index contributed by atoms with van der Waals surface area (Å²) in [4.78, 5) is 16.7. The van der Waals surface area contributed by atoms with Crippen LogP contribution < -0.4 is 15.4 Å². The van der Waals surface area contributed by atoms with Gasteiger partial charge in [0.1, 0.15) is 11.4 Å². The molecule has 0 fully saturated rings. The normalized spacial score (nSPS) is 10.3. The van der Waals surface area contributed by atoms with E-state index in [0.717, 1.165) is 33.8 Å². The Hall–Kier alpha value is -3.34. The van der Waals surface area contributed by atoms with Gasteiger partial charge in [-0.1, -0.05) is 35.9 Å². The maximum atomic E-state index is 12.4. The summed E-state index contributed by atoms with van der Waals surface area (Å²) < 4.78 is 5.35. The lowest BCUT2D eigenvalue weighted by atomic mass is 10.1. The molecule has 0 bridgehead atoms. The van der Waals surface area contributed by atoms with Gasteiger partial charge in [0.15, 0.2) is 0 Å². The van der Waals surface area contributed by atoms with Crippen molar-refractivity contribution in [3.05, 3.63) is 83.2 Å². The topological polar surface area (TPSA) is 63.2 Å². The number of aromatic nitrogens is 1. The molecule has 1 amide bonds. The molecule has 1 heterocycles. The summed E-state index contributed by atoms with van der Waals surface area (Å²) in [6, 6.07) is 17.3. The number of para-hydroxylation sites is 1. The van der Waals surface area contributed by atoms with E-state index in [-0.39, 0.29) is 5.91 Å². The Kier molecular flexibility index (Phi) is 5.71. The number of rotatable bonds is 6. The molecule has 0 spiro atoms. The van der Waals surface area contributed by atoms with Crippen LogP contribution in [0.25, 0.3) is 0 Å². The highest BCUT2D eigenvalue weighted by atomic mass is 16.5. The van der Waals surface area contributed by atoms with Crippen molar-refractivity contribution < 1.29 is 9.53 Å². The van der Waals surface area contributed by atoms with Crippen molar-refractivity contribution in [1.82, 2.24) is 4.98 Å². The van der Waals surface area contributed by atoms with Crippen LogP contribution in [0.2, 0.25) is 0 Å². The predicted octanol–water partition coefficient (Wildman–Crippen LogP) is 4.57. The van der Waals surface area contributed by atoms with Crippen molar-refractivity contribution in [2.45, 2.75) is 20.4 Å². The number of ether oxygens (including phenoxy) is 1. The predicted molar refractivity (Wildman–Crippen MR) is 108 cm³/mol. The van der Waals surface area contributed by atoms with Crippen LogP contribution in [0.4, 0.5) is 11.4 Å². The highest BCUT2D eigenvalue weighted by Gasteiger charge is 2.09. The van der Waals surface area contributed by atoms with E-state index >= 15 is 0 Å². The second kappa shape index (κ2) is 8.36. The minimum atomic E-state index is -0.224. The maximum Gasteiger partial charge on any atom is 0.274 e. The lowest BCUT2D eigenvalue weighted by molar-refractivity contribution is 0.102. The molecule has 3 rings (SSSR count). The first kappa shape index (κ1) is 18.5. The van der Waals surface area contributed by atoms with Gasteiger partial charge in [0.2, 0.25) is 0 Å². The summed E-state index contributed by atoms with van der Waals surface area (Å²) in [5.41, 5.74) is 5.25. The first-order chi connectivity index (χ1) is 13.1. The minimum Gasteiger partial charge on any atom is -0.496 e. The van der Waals surface area contributed by atoms with E-state index in [1.54, 1.807) is 19.4 Å². The van der Waals surface area contributed by atoms with Crippen LogP contribution in [-0.4, -0.2) is 18.0 Å². The van der Waals surface area contributed by atoms with E-state index in [9.17, 15) is 4.79 Å². The molecule has 2 aromatic carbocycles. The van der Waals surface area contributed by atoms with Crippen LogP contribution in [0, 0.1) is 13.8 Å². The van der Waals surface area contributed by atoms with Gasteiger partial charge < -0.3 is 15.4 Å². The van der Waals surface area contributed by atoms with Gasteiger partial charge in [-0.3, -0.25) is 4.79 Å². The number of nitrogens with zero attached hydrogens (tertiary/aromatic N) is 1. The number of nitrogens with one attached hydrogen (secondary N) is 2. The van der Waals surface area contributed by atoms with Gasteiger partial charge in [-0.05, 0) is 43.7 Å². The second-order valence-corrected chi connectivity index (χ2v) is 6.37. The van der Waals surface area contributed by atoms with E-state index in [1.165, 1.54) is 0 Å². The van der Waals surface area contributed by atoms with Gasteiger partial charge in [0, 0.05) is 17.8 Å². The van der Waals surface area contributed by atoms with Gasteiger partial charge in [-0.15, -0.1) is 0 Å². The molecule has 0 saturated carbocycles. The molecule has 0 aliphatic heterocycles. The zero-order chi connectivity index (χ0) is 19.2. The van der Waals surface area contributed by atoms with Crippen molar-refractivity contribution >= 4 is 17.3 Å². The fraction of sp³-hybridized carbons (Fsp3) is 0.182. The Morgan fingerprint density at radius 1 is 1.07 bits per heavy atom. The number of carbonyl (C=O) groups excluding carboxylic acids is 1. The van der Waals surface area contributed by atoms with Crippen molar-refractivity contribution in [3.8, 4) is 5.75 Å². The fourth-order valence-electron chi connectivity index (χ4n) is 2.82. The molecule has 2 N–H and O–H groups in total. The van der Waals surface area contributed by atoms with E-state index in [0.29, 0.717) is 12.2 Å². The van der Waals surface area contributed by atoms with Crippen molar-refractivity contribution in [2.24, 2.45) is 0 Å². The number of pyridine rings is 1. The molecule has 5 heteroatoms. The fourth-order valence-corrected chi connectivity index (χ4v) is 2.82. The molecule has 0 saturated heterocycles. The average molecular weight is 361 g/mol. The molecular formula is C22H23N3O2. The van der Waals surface area contributed by atoms with Gasteiger partial charge in [0.25, 0.3) is 5.91 Å². The van der Waals surface area contributed by atoms with Crippen molar-refractivity contribution in [1.29, 1.82) is 0 Å². The van der Waals surface area contributed by atoms with E-state index in [2.05, 4.69) is 15.6 Å². The largest absolute Gasteiger partial charge is 0.496 e. The zero-order valence-corrected chi connectivity index (χ0v) is 15.7. The van der Waals surface area contributed by atoms with Crippen molar-refractivity contribution in [2.75, 3.05) is 17.7 Å². The molecule has 0 atom stereocenters. The Balaban J connectivity index is 1.63. The monoisotopic (exact) mass is 361 g/mol. The van der Waals surface area contributed by atoms with Crippen LogP contribution in [0.1, 0.15) is 27.2 Å². The van der Waals surface area contributed by atoms with Crippen LogP contribution in [0.3, 0.4) is 0 Å². The molecule has 1 aromatic heterocycles. The summed E-state index contributed by atoms with van der Waals surface area (Å²) in [5.74, 6) is 0.612. The summed E-state index contributed by atoms with van der Waals surface area (Å²) >= 11 is 0. The van der Waals surface area contributed by atoms with E-state index in [4.69, 9.17) is 4.74 Å². The van der Waals surface area contributed by atoms with Gasteiger partial charge in [-0.25, -0.2) is 4.98 Å². The standard InChI is InChI=1S/C22H23N3O2/c1-15-8-10-19(16(2)12-15)25-22(26)20-11-9-18(14-24-20)23-13-17-6-4-5-7-21(17)27-3/h4-12,14,23H,13H2,1-3H3,(H,25,26). The molecule has 5 nitrogen and oxygen atoms in total. The SMILES string of the molecule is COc1ccccc1CNc1ccc(C(=O)Nc2ccc(C)cc2C)nc1. The summed E-state index contributed by atoms with van der Waals surface area (Å²) in [6.45, 7) is 4.61. The van der Waals surface area contributed by atoms with E-state index < -0.39 is 0 Å². The van der Waals surface area contributed by atoms with E-state index in [1.807, 2.05) is 62.4 Å².